The second kappa shape index (κ2) is 6.37. The molecule has 2 aromatic rings. The number of β-lactam (4-membered cyclic amide) rings is 1. The Balaban J connectivity index is 1.58. The van der Waals surface area contributed by atoms with Crippen LogP contribution >= 0.6 is 0 Å². The summed E-state index contributed by atoms with van der Waals surface area (Å²) in [5, 5.41) is 0. The lowest BCUT2D eigenvalue weighted by Crippen LogP contribution is -2.75. The molecule has 1 aliphatic carbocycles. The second-order valence-corrected chi connectivity index (χ2v) is 9.72. The van der Waals surface area contributed by atoms with Crippen molar-refractivity contribution < 1.29 is 18.0 Å². The first-order chi connectivity index (χ1) is 13.9. The third-order valence-electron chi connectivity index (χ3n) is 6.03. The SMILES string of the molecule is Cc1ccc(S(=O)(=O)N2C[C@@H]3CC(=O)C=C3[C@@H]3[C@H]2C(=O)N3c2ccccc2)cc1. The molecule has 0 radical (unpaired) electrons. The predicted molar refractivity (Wildman–Crippen MR) is 108 cm³/mol. The molecule has 3 aliphatic rings. The van der Waals surface area contributed by atoms with Gasteiger partial charge in [-0.2, -0.15) is 4.31 Å². The number of aryl methyl sites for hydroxylation is 1. The van der Waals surface area contributed by atoms with Crippen LogP contribution in [0.2, 0.25) is 0 Å². The Morgan fingerprint density at radius 3 is 2.31 bits per heavy atom. The summed E-state index contributed by atoms with van der Waals surface area (Å²) in [5.74, 6) is -0.454. The van der Waals surface area contributed by atoms with Gasteiger partial charge >= 0.3 is 0 Å². The number of nitrogens with zero attached hydrogens (tertiary/aromatic N) is 2. The van der Waals surface area contributed by atoms with Crippen molar-refractivity contribution in [2.45, 2.75) is 30.3 Å². The van der Waals surface area contributed by atoms with Crippen molar-refractivity contribution in [1.29, 1.82) is 0 Å². The largest absolute Gasteiger partial charge is 0.302 e. The quantitative estimate of drug-likeness (QED) is 0.731. The Morgan fingerprint density at radius 1 is 0.931 bits per heavy atom. The molecule has 0 spiro atoms. The van der Waals surface area contributed by atoms with E-state index in [9.17, 15) is 18.0 Å². The van der Waals surface area contributed by atoms with E-state index < -0.39 is 22.1 Å². The minimum Gasteiger partial charge on any atom is -0.302 e. The van der Waals surface area contributed by atoms with Gasteiger partial charge in [0.15, 0.2) is 5.78 Å². The highest BCUT2D eigenvalue weighted by atomic mass is 32.2. The summed E-state index contributed by atoms with van der Waals surface area (Å²) in [6.07, 6.45) is 1.90. The Morgan fingerprint density at radius 2 is 1.62 bits per heavy atom. The van der Waals surface area contributed by atoms with E-state index in [1.54, 1.807) is 35.2 Å². The zero-order chi connectivity index (χ0) is 20.3. The van der Waals surface area contributed by atoms with Gasteiger partial charge in [-0.3, -0.25) is 9.59 Å². The Labute approximate surface area is 169 Å². The van der Waals surface area contributed by atoms with Gasteiger partial charge in [-0.1, -0.05) is 35.9 Å². The molecule has 7 heteroatoms. The fourth-order valence-corrected chi connectivity index (χ4v) is 6.24. The van der Waals surface area contributed by atoms with Gasteiger partial charge in [0.05, 0.1) is 10.9 Å². The van der Waals surface area contributed by atoms with Crippen molar-refractivity contribution in [3.63, 3.8) is 0 Å². The number of carbonyl (C=O) groups excluding carboxylic acids is 2. The molecule has 0 bridgehead atoms. The number of anilines is 1. The molecule has 2 aromatic carbocycles. The van der Waals surface area contributed by atoms with Crippen LogP contribution in [0.5, 0.6) is 0 Å². The molecule has 0 unspecified atom stereocenters. The van der Waals surface area contributed by atoms with Crippen LogP contribution in [0.25, 0.3) is 0 Å². The molecule has 2 saturated heterocycles. The van der Waals surface area contributed by atoms with Crippen molar-refractivity contribution in [1.82, 2.24) is 4.31 Å². The highest BCUT2D eigenvalue weighted by Gasteiger charge is 2.61. The van der Waals surface area contributed by atoms with Crippen molar-refractivity contribution in [3.05, 3.63) is 71.8 Å². The minimum atomic E-state index is -3.86. The number of piperidine rings is 1. The molecule has 148 valence electrons. The normalized spacial score (nSPS) is 26.6. The van der Waals surface area contributed by atoms with E-state index in [0.29, 0.717) is 5.69 Å². The van der Waals surface area contributed by atoms with Crippen LogP contribution in [0.1, 0.15) is 12.0 Å². The number of allylic oxidation sites excluding steroid dienone is 1. The highest BCUT2D eigenvalue weighted by Crippen LogP contribution is 2.46. The summed E-state index contributed by atoms with van der Waals surface area (Å²) in [5.41, 5.74) is 2.55. The Bertz CT molecular complexity index is 1140. The Kier molecular flexibility index (Phi) is 4.01. The topological polar surface area (TPSA) is 74.8 Å². The summed E-state index contributed by atoms with van der Waals surface area (Å²) < 4.78 is 28.1. The molecule has 1 amide bonds. The number of fused-ring (bicyclic) bond motifs is 3. The maximum Gasteiger partial charge on any atom is 0.248 e. The molecular formula is C22H20N2O4S. The maximum atomic E-state index is 13.4. The maximum absolute atomic E-state index is 13.4. The van der Waals surface area contributed by atoms with Gasteiger partial charge in [0, 0.05) is 24.6 Å². The van der Waals surface area contributed by atoms with Gasteiger partial charge in [-0.25, -0.2) is 8.42 Å². The average Bonchev–Trinajstić information content (AvgIpc) is 3.07. The van der Waals surface area contributed by atoms with Gasteiger partial charge in [0.25, 0.3) is 0 Å². The molecule has 0 saturated carbocycles. The van der Waals surface area contributed by atoms with Gasteiger partial charge in [-0.05, 0) is 42.8 Å². The van der Waals surface area contributed by atoms with Crippen LogP contribution in [-0.4, -0.2) is 43.0 Å². The second-order valence-electron chi connectivity index (χ2n) is 7.83. The fourth-order valence-electron chi connectivity index (χ4n) is 4.61. The number of hydrogen-bond donors (Lipinski definition) is 0. The van der Waals surface area contributed by atoms with Crippen LogP contribution in [-0.2, 0) is 19.6 Å². The number of carbonyl (C=O) groups is 2. The molecule has 3 atom stereocenters. The fraction of sp³-hybridized carbons (Fsp3) is 0.273. The van der Waals surface area contributed by atoms with E-state index in [0.717, 1.165) is 11.1 Å². The van der Waals surface area contributed by atoms with Gasteiger partial charge in [-0.15, -0.1) is 0 Å². The van der Waals surface area contributed by atoms with Crippen LogP contribution in [0.4, 0.5) is 5.69 Å². The molecule has 2 heterocycles. The van der Waals surface area contributed by atoms with E-state index in [4.69, 9.17) is 0 Å². The van der Waals surface area contributed by atoms with E-state index in [2.05, 4.69) is 0 Å². The van der Waals surface area contributed by atoms with Crippen LogP contribution in [0.15, 0.2) is 71.1 Å². The average molecular weight is 408 g/mol. The molecule has 0 aromatic heterocycles. The predicted octanol–water partition coefficient (Wildman–Crippen LogP) is 2.30. The third-order valence-corrected chi connectivity index (χ3v) is 7.89. The van der Waals surface area contributed by atoms with Crippen LogP contribution in [0.3, 0.4) is 0 Å². The molecule has 0 N–H and O–H groups in total. The third kappa shape index (κ3) is 2.68. The minimum absolute atomic E-state index is 0.00862. The number of sulfonamides is 1. The summed E-state index contributed by atoms with van der Waals surface area (Å²) in [6.45, 7) is 2.05. The number of rotatable bonds is 3. The van der Waals surface area contributed by atoms with Crippen molar-refractivity contribution in [2.24, 2.45) is 5.92 Å². The van der Waals surface area contributed by atoms with Crippen LogP contribution < -0.4 is 4.90 Å². The van der Waals surface area contributed by atoms with Gasteiger partial charge in [0.1, 0.15) is 6.04 Å². The summed E-state index contributed by atoms with van der Waals surface area (Å²) in [7, 11) is -3.86. The first-order valence-corrected chi connectivity index (χ1v) is 11.0. The molecule has 29 heavy (non-hydrogen) atoms. The monoisotopic (exact) mass is 408 g/mol. The first kappa shape index (κ1) is 18.3. The summed E-state index contributed by atoms with van der Waals surface area (Å²) >= 11 is 0. The number of amides is 1. The van der Waals surface area contributed by atoms with E-state index in [1.807, 2.05) is 37.3 Å². The Hall–Kier alpha value is -2.77. The molecule has 6 nitrogen and oxygen atoms in total. The molecular weight excluding hydrogens is 388 g/mol. The molecule has 2 aliphatic heterocycles. The van der Waals surface area contributed by atoms with Crippen molar-refractivity contribution >= 4 is 27.4 Å². The lowest BCUT2D eigenvalue weighted by atomic mass is 9.79. The highest BCUT2D eigenvalue weighted by molar-refractivity contribution is 7.89. The zero-order valence-corrected chi connectivity index (χ0v) is 16.7. The number of hydrogen-bond acceptors (Lipinski definition) is 4. The van der Waals surface area contributed by atoms with Gasteiger partial charge < -0.3 is 4.90 Å². The van der Waals surface area contributed by atoms with E-state index in [1.165, 1.54) is 4.31 Å². The van der Waals surface area contributed by atoms with Crippen molar-refractivity contribution in [2.75, 3.05) is 11.4 Å². The number of para-hydroxylation sites is 1. The smallest absolute Gasteiger partial charge is 0.248 e. The standard InChI is InChI=1S/C22H20N2O4S/c1-14-7-9-18(10-8-14)29(27,28)23-13-15-11-17(25)12-19(15)20-21(23)22(26)24(20)16-5-3-2-4-6-16/h2-10,12,15,20-21H,11,13H2,1H3/t15-,20+,21-/m0/s1. The summed E-state index contributed by atoms with van der Waals surface area (Å²) in [6, 6.07) is 14.6. The summed E-state index contributed by atoms with van der Waals surface area (Å²) in [4.78, 5) is 27.0. The van der Waals surface area contributed by atoms with Crippen molar-refractivity contribution in [3.8, 4) is 0 Å². The number of benzene rings is 2. The van der Waals surface area contributed by atoms with Gasteiger partial charge in [0.2, 0.25) is 15.9 Å². The molecule has 5 rings (SSSR count). The lowest BCUT2D eigenvalue weighted by molar-refractivity contribution is -0.130. The lowest BCUT2D eigenvalue weighted by Gasteiger charge is -2.55. The zero-order valence-electron chi connectivity index (χ0n) is 15.9. The van der Waals surface area contributed by atoms with Crippen LogP contribution in [0, 0.1) is 12.8 Å². The first-order valence-electron chi connectivity index (χ1n) is 9.59. The van der Waals surface area contributed by atoms with E-state index in [-0.39, 0.29) is 35.5 Å². The molecule has 2 fully saturated rings. The number of ketones is 1. The van der Waals surface area contributed by atoms with E-state index >= 15 is 0 Å².